The first kappa shape index (κ1) is 7.70. The molecule has 48 valence electrons. The second kappa shape index (κ2) is 4.85. The third-order valence-corrected chi connectivity index (χ3v) is 1.21. The summed E-state index contributed by atoms with van der Waals surface area (Å²) in [7, 11) is 0. The van der Waals surface area contributed by atoms with Gasteiger partial charge in [-0.1, -0.05) is 32.4 Å². The zero-order valence-corrected chi connectivity index (χ0v) is 5.59. The fourth-order valence-electron chi connectivity index (χ4n) is 0.429. The number of rotatable bonds is 3. The Labute approximate surface area is 51.0 Å². The van der Waals surface area contributed by atoms with Crippen LogP contribution in [0.4, 0.5) is 0 Å². The molecule has 0 bridgehead atoms. The molecular formula is C7H14O. The molecule has 0 aromatic heterocycles. The molecule has 0 spiro atoms. The largest absolute Gasteiger partial charge is 0.392 e. The van der Waals surface area contributed by atoms with Crippen molar-refractivity contribution in [3.05, 3.63) is 12.2 Å². The molecule has 0 saturated heterocycles. The molecular weight excluding hydrogens is 100 g/mol. The number of allylic oxidation sites excluding steroid dienone is 1. The summed E-state index contributed by atoms with van der Waals surface area (Å²) in [5, 5.41) is 8.32. The van der Waals surface area contributed by atoms with E-state index in [1.54, 1.807) is 6.08 Å². The zero-order chi connectivity index (χ0) is 6.41. The van der Waals surface area contributed by atoms with Crippen molar-refractivity contribution >= 4 is 0 Å². The minimum atomic E-state index is 0.171. The molecule has 0 radical (unpaired) electrons. The summed E-state index contributed by atoms with van der Waals surface area (Å²) >= 11 is 0. The lowest BCUT2D eigenvalue weighted by Crippen LogP contribution is -1.84. The van der Waals surface area contributed by atoms with Gasteiger partial charge in [0, 0.05) is 0 Å². The van der Waals surface area contributed by atoms with Crippen molar-refractivity contribution in [3.8, 4) is 0 Å². The van der Waals surface area contributed by atoms with Gasteiger partial charge >= 0.3 is 0 Å². The molecule has 8 heavy (non-hydrogen) atoms. The molecule has 0 aliphatic heterocycles. The quantitative estimate of drug-likeness (QED) is 0.552. The molecule has 1 N–H and O–H groups in total. The minimum Gasteiger partial charge on any atom is -0.392 e. The molecule has 1 heteroatoms. The van der Waals surface area contributed by atoms with Crippen LogP contribution in [0.25, 0.3) is 0 Å². The van der Waals surface area contributed by atoms with Crippen LogP contribution in [-0.2, 0) is 0 Å². The highest BCUT2D eigenvalue weighted by Gasteiger charge is 1.87. The van der Waals surface area contributed by atoms with Crippen molar-refractivity contribution in [2.24, 2.45) is 5.92 Å². The van der Waals surface area contributed by atoms with Gasteiger partial charge in [0.2, 0.25) is 0 Å². The maximum Gasteiger partial charge on any atom is 0.0612 e. The molecule has 0 aromatic carbocycles. The summed E-state index contributed by atoms with van der Waals surface area (Å²) in [6, 6.07) is 0. The Bertz CT molecular complexity index is 66.8. The van der Waals surface area contributed by atoms with Crippen molar-refractivity contribution in [3.63, 3.8) is 0 Å². The molecule has 0 fully saturated rings. The normalized spacial score (nSPS) is 14.9. The standard InChI is InChI=1S/C7H14O/c1-3-7(2)5-4-6-8/h4-5,7-8H,3,6H2,1-2H3/b5-4+/t7-/m0/s1. The number of hydrogen-bond donors (Lipinski definition) is 1. The van der Waals surface area contributed by atoms with E-state index in [0.29, 0.717) is 5.92 Å². The highest BCUT2D eigenvalue weighted by Crippen LogP contribution is 2.00. The van der Waals surface area contributed by atoms with Crippen LogP contribution in [0.15, 0.2) is 12.2 Å². The summed E-state index contributed by atoms with van der Waals surface area (Å²) in [6.45, 7) is 4.43. The number of aliphatic hydroxyl groups excluding tert-OH is 1. The Kier molecular flexibility index (Phi) is 4.67. The fourth-order valence-corrected chi connectivity index (χ4v) is 0.429. The highest BCUT2D eigenvalue weighted by atomic mass is 16.2. The topological polar surface area (TPSA) is 20.2 Å². The summed E-state index contributed by atoms with van der Waals surface area (Å²) in [5.41, 5.74) is 0. The molecule has 0 unspecified atom stereocenters. The van der Waals surface area contributed by atoms with Crippen LogP contribution in [0.5, 0.6) is 0 Å². The van der Waals surface area contributed by atoms with Gasteiger partial charge in [-0.3, -0.25) is 0 Å². The molecule has 0 rings (SSSR count). The van der Waals surface area contributed by atoms with Crippen molar-refractivity contribution in [2.75, 3.05) is 6.61 Å². The van der Waals surface area contributed by atoms with Crippen LogP contribution in [0.3, 0.4) is 0 Å². The van der Waals surface area contributed by atoms with Crippen LogP contribution in [0, 0.1) is 5.92 Å². The number of hydrogen-bond acceptors (Lipinski definition) is 1. The summed E-state index contributed by atoms with van der Waals surface area (Å²) in [6.07, 6.45) is 4.96. The van der Waals surface area contributed by atoms with Gasteiger partial charge in [-0.15, -0.1) is 0 Å². The summed E-state index contributed by atoms with van der Waals surface area (Å²) < 4.78 is 0. The van der Waals surface area contributed by atoms with Crippen molar-refractivity contribution in [1.82, 2.24) is 0 Å². The van der Waals surface area contributed by atoms with Crippen molar-refractivity contribution < 1.29 is 5.11 Å². The first-order valence-electron chi connectivity index (χ1n) is 3.08. The van der Waals surface area contributed by atoms with E-state index < -0.39 is 0 Å². The lowest BCUT2D eigenvalue weighted by molar-refractivity contribution is 0.341. The van der Waals surface area contributed by atoms with E-state index in [4.69, 9.17) is 5.11 Å². The van der Waals surface area contributed by atoms with E-state index in [0.717, 1.165) is 6.42 Å². The predicted octanol–water partition coefficient (Wildman–Crippen LogP) is 1.58. The van der Waals surface area contributed by atoms with Gasteiger partial charge in [-0.05, 0) is 5.92 Å². The van der Waals surface area contributed by atoms with Gasteiger partial charge in [0.15, 0.2) is 0 Å². The van der Waals surface area contributed by atoms with Crippen LogP contribution < -0.4 is 0 Å². The second-order valence-corrected chi connectivity index (χ2v) is 2.00. The molecule has 0 heterocycles. The smallest absolute Gasteiger partial charge is 0.0612 e. The van der Waals surface area contributed by atoms with E-state index in [1.165, 1.54) is 0 Å². The Morgan fingerprint density at radius 3 is 2.62 bits per heavy atom. The van der Waals surface area contributed by atoms with Gasteiger partial charge < -0.3 is 5.11 Å². The second-order valence-electron chi connectivity index (χ2n) is 2.00. The van der Waals surface area contributed by atoms with E-state index >= 15 is 0 Å². The monoisotopic (exact) mass is 114 g/mol. The molecule has 0 saturated carbocycles. The molecule has 0 aromatic rings. The summed E-state index contributed by atoms with van der Waals surface area (Å²) in [5.74, 6) is 0.613. The minimum absolute atomic E-state index is 0.171. The molecule has 0 aliphatic carbocycles. The Morgan fingerprint density at radius 1 is 1.62 bits per heavy atom. The van der Waals surface area contributed by atoms with Crippen LogP contribution in [0.1, 0.15) is 20.3 Å². The molecule has 0 amide bonds. The molecule has 1 atom stereocenters. The first-order chi connectivity index (χ1) is 3.81. The molecule has 1 nitrogen and oxygen atoms in total. The highest BCUT2D eigenvalue weighted by molar-refractivity contribution is 4.84. The van der Waals surface area contributed by atoms with E-state index in [2.05, 4.69) is 13.8 Å². The lowest BCUT2D eigenvalue weighted by Gasteiger charge is -1.96. The Hall–Kier alpha value is -0.300. The van der Waals surface area contributed by atoms with Crippen LogP contribution >= 0.6 is 0 Å². The average molecular weight is 114 g/mol. The van der Waals surface area contributed by atoms with E-state index in [9.17, 15) is 0 Å². The summed E-state index contributed by atoms with van der Waals surface area (Å²) in [4.78, 5) is 0. The van der Waals surface area contributed by atoms with E-state index in [1.807, 2.05) is 6.08 Å². The third kappa shape index (κ3) is 3.88. The maximum absolute atomic E-state index is 8.32. The van der Waals surface area contributed by atoms with E-state index in [-0.39, 0.29) is 6.61 Å². The zero-order valence-electron chi connectivity index (χ0n) is 5.59. The van der Waals surface area contributed by atoms with Gasteiger partial charge in [-0.2, -0.15) is 0 Å². The fraction of sp³-hybridized carbons (Fsp3) is 0.714. The van der Waals surface area contributed by atoms with Crippen molar-refractivity contribution in [1.29, 1.82) is 0 Å². The van der Waals surface area contributed by atoms with Crippen molar-refractivity contribution in [2.45, 2.75) is 20.3 Å². The van der Waals surface area contributed by atoms with Gasteiger partial charge in [0.1, 0.15) is 0 Å². The molecule has 0 aliphatic rings. The maximum atomic E-state index is 8.32. The SMILES string of the molecule is CC[C@H](C)/C=C/CO. The Morgan fingerprint density at radius 2 is 2.25 bits per heavy atom. The van der Waals surface area contributed by atoms with Crippen LogP contribution in [-0.4, -0.2) is 11.7 Å². The third-order valence-electron chi connectivity index (χ3n) is 1.21. The average Bonchev–Trinajstić information content (AvgIpc) is 1.83. The van der Waals surface area contributed by atoms with Gasteiger partial charge in [0.05, 0.1) is 6.61 Å². The Balaban J connectivity index is 3.21. The lowest BCUT2D eigenvalue weighted by atomic mass is 10.1. The van der Waals surface area contributed by atoms with Gasteiger partial charge in [0.25, 0.3) is 0 Å². The predicted molar refractivity (Wildman–Crippen MR) is 35.7 cm³/mol. The van der Waals surface area contributed by atoms with Crippen LogP contribution in [0.2, 0.25) is 0 Å². The number of aliphatic hydroxyl groups is 1. The first-order valence-corrected chi connectivity index (χ1v) is 3.08. The van der Waals surface area contributed by atoms with Gasteiger partial charge in [-0.25, -0.2) is 0 Å².